The molecule has 0 aromatic rings. The van der Waals surface area contributed by atoms with Gasteiger partial charge in [-0.05, 0) is 63.5 Å². The normalized spacial score (nSPS) is 31.3. The third-order valence-electron chi connectivity index (χ3n) is 5.70. The van der Waals surface area contributed by atoms with Crippen LogP contribution >= 0.6 is 0 Å². The van der Waals surface area contributed by atoms with E-state index in [1.807, 2.05) is 0 Å². The molecule has 3 aliphatic rings. The molecule has 0 bridgehead atoms. The van der Waals surface area contributed by atoms with Crippen molar-refractivity contribution < 1.29 is 0 Å². The second-order valence-corrected chi connectivity index (χ2v) is 6.81. The zero-order valence-corrected chi connectivity index (χ0v) is 12.0. The smallest absolute Gasteiger partial charge is 0.0198 e. The standard InChI is InChI=1S/C16H30N2/c1-2-18-11-5-10-15(12-18)17-16(13-6-3-7-13)14-8-4-9-14/h13-17H,2-12H2,1H3/t15-/m0/s1. The van der Waals surface area contributed by atoms with Crippen molar-refractivity contribution in [1.82, 2.24) is 10.2 Å². The minimum Gasteiger partial charge on any atom is -0.309 e. The summed E-state index contributed by atoms with van der Waals surface area (Å²) in [6, 6.07) is 1.65. The zero-order chi connectivity index (χ0) is 12.4. The number of likely N-dealkylation sites (tertiary alicyclic amines) is 1. The third-order valence-corrected chi connectivity index (χ3v) is 5.70. The van der Waals surface area contributed by atoms with Crippen molar-refractivity contribution in [2.24, 2.45) is 11.8 Å². The van der Waals surface area contributed by atoms with Crippen molar-refractivity contribution in [1.29, 1.82) is 0 Å². The number of rotatable bonds is 5. The maximum atomic E-state index is 4.08. The molecule has 0 unspecified atom stereocenters. The van der Waals surface area contributed by atoms with E-state index in [0.717, 1.165) is 23.9 Å². The molecule has 2 aliphatic carbocycles. The van der Waals surface area contributed by atoms with Crippen LogP contribution in [0.3, 0.4) is 0 Å². The van der Waals surface area contributed by atoms with E-state index in [1.165, 1.54) is 71.0 Å². The van der Waals surface area contributed by atoms with Gasteiger partial charge in [-0.1, -0.05) is 19.8 Å². The van der Waals surface area contributed by atoms with Gasteiger partial charge in [0.05, 0.1) is 0 Å². The Bertz CT molecular complexity index is 244. The van der Waals surface area contributed by atoms with E-state index in [4.69, 9.17) is 0 Å². The summed E-state index contributed by atoms with van der Waals surface area (Å²) in [5.74, 6) is 2.04. The van der Waals surface area contributed by atoms with Crippen molar-refractivity contribution in [3.63, 3.8) is 0 Å². The van der Waals surface area contributed by atoms with Gasteiger partial charge in [-0.2, -0.15) is 0 Å². The van der Waals surface area contributed by atoms with E-state index in [2.05, 4.69) is 17.1 Å². The van der Waals surface area contributed by atoms with Crippen LogP contribution in [0.4, 0.5) is 0 Å². The average Bonchev–Trinajstić information content (AvgIpc) is 2.24. The molecular weight excluding hydrogens is 220 g/mol. The summed E-state index contributed by atoms with van der Waals surface area (Å²) in [7, 11) is 0. The van der Waals surface area contributed by atoms with Crippen LogP contribution in [0, 0.1) is 11.8 Å². The van der Waals surface area contributed by atoms with E-state index >= 15 is 0 Å². The average molecular weight is 250 g/mol. The molecule has 0 aromatic carbocycles. The van der Waals surface area contributed by atoms with E-state index in [9.17, 15) is 0 Å². The Labute approximate surface area is 113 Å². The van der Waals surface area contributed by atoms with Gasteiger partial charge in [0.1, 0.15) is 0 Å². The molecule has 2 nitrogen and oxygen atoms in total. The fourth-order valence-electron chi connectivity index (χ4n) is 4.01. The fourth-order valence-corrected chi connectivity index (χ4v) is 4.01. The van der Waals surface area contributed by atoms with E-state index in [-0.39, 0.29) is 0 Å². The first kappa shape index (κ1) is 12.9. The lowest BCUT2D eigenvalue weighted by molar-refractivity contribution is 0.0941. The number of hydrogen-bond acceptors (Lipinski definition) is 2. The molecule has 0 aromatic heterocycles. The van der Waals surface area contributed by atoms with Gasteiger partial charge in [0, 0.05) is 18.6 Å². The maximum Gasteiger partial charge on any atom is 0.0198 e. The van der Waals surface area contributed by atoms with E-state index in [1.54, 1.807) is 0 Å². The summed E-state index contributed by atoms with van der Waals surface area (Å²) in [6.07, 6.45) is 11.8. The molecule has 2 heteroatoms. The summed E-state index contributed by atoms with van der Waals surface area (Å²) in [5.41, 5.74) is 0. The van der Waals surface area contributed by atoms with Gasteiger partial charge in [0.15, 0.2) is 0 Å². The Kier molecular flexibility index (Phi) is 4.25. The molecule has 18 heavy (non-hydrogen) atoms. The van der Waals surface area contributed by atoms with Crippen LogP contribution in [-0.2, 0) is 0 Å². The maximum absolute atomic E-state index is 4.08. The lowest BCUT2D eigenvalue weighted by Gasteiger charge is -2.46. The van der Waals surface area contributed by atoms with Crippen LogP contribution in [0.5, 0.6) is 0 Å². The third kappa shape index (κ3) is 2.75. The molecule has 1 heterocycles. The SMILES string of the molecule is CCN1CCC[C@H](NC(C2CCC2)C2CCC2)C1. The number of hydrogen-bond donors (Lipinski definition) is 1. The molecule has 1 aliphatic heterocycles. The van der Waals surface area contributed by atoms with Crippen LogP contribution in [-0.4, -0.2) is 36.6 Å². The van der Waals surface area contributed by atoms with Gasteiger partial charge >= 0.3 is 0 Å². The van der Waals surface area contributed by atoms with E-state index < -0.39 is 0 Å². The molecule has 3 rings (SSSR count). The Hall–Kier alpha value is -0.0800. The molecular formula is C16H30N2. The van der Waals surface area contributed by atoms with Crippen LogP contribution in [0.25, 0.3) is 0 Å². The lowest BCUT2D eigenvalue weighted by atomic mass is 9.68. The molecule has 2 saturated carbocycles. The van der Waals surface area contributed by atoms with Gasteiger partial charge in [0.2, 0.25) is 0 Å². The number of likely N-dealkylation sites (N-methyl/N-ethyl adjacent to an activating group) is 1. The molecule has 1 N–H and O–H groups in total. The van der Waals surface area contributed by atoms with Gasteiger partial charge in [-0.3, -0.25) is 0 Å². The Balaban J connectivity index is 1.54. The summed E-state index contributed by atoms with van der Waals surface area (Å²) >= 11 is 0. The summed E-state index contributed by atoms with van der Waals surface area (Å²) < 4.78 is 0. The van der Waals surface area contributed by atoms with Gasteiger partial charge in [0.25, 0.3) is 0 Å². The number of piperidine rings is 1. The highest BCUT2D eigenvalue weighted by molar-refractivity contribution is 4.94. The molecule has 0 amide bonds. The fraction of sp³-hybridized carbons (Fsp3) is 1.00. The number of nitrogens with zero attached hydrogens (tertiary/aromatic N) is 1. The molecule has 1 atom stereocenters. The van der Waals surface area contributed by atoms with Crippen LogP contribution in [0.2, 0.25) is 0 Å². The molecule has 0 radical (unpaired) electrons. The first-order chi connectivity index (χ1) is 8.86. The molecule has 3 fully saturated rings. The Morgan fingerprint density at radius 2 is 1.67 bits per heavy atom. The Morgan fingerprint density at radius 3 is 2.17 bits per heavy atom. The van der Waals surface area contributed by atoms with Crippen LogP contribution in [0.15, 0.2) is 0 Å². The molecule has 104 valence electrons. The highest BCUT2D eigenvalue weighted by Crippen LogP contribution is 2.40. The van der Waals surface area contributed by atoms with Gasteiger partial charge < -0.3 is 10.2 Å². The van der Waals surface area contributed by atoms with Crippen molar-refractivity contribution >= 4 is 0 Å². The highest BCUT2D eigenvalue weighted by Gasteiger charge is 2.37. The van der Waals surface area contributed by atoms with Crippen molar-refractivity contribution in [3.8, 4) is 0 Å². The predicted octanol–water partition coefficient (Wildman–Crippen LogP) is 3.03. The lowest BCUT2D eigenvalue weighted by Crippen LogP contribution is -2.55. The van der Waals surface area contributed by atoms with Crippen molar-refractivity contribution in [2.45, 2.75) is 70.4 Å². The summed E-state index contributed by atoms with van der Waals surface area (Å²) in [5, 5.41) is 4.08. The zero-order valence-electron chi connectivity index (χ0n) is 12.0. The minimum absolute atomic E-state index is 0.782. The van der Waals surface area contributed by atoms with E-state index in [0.29, 0.717) is 0 Å². The van der Waals surface area contributed by atoms with Gasteiger partial charge in [-0.15, -0.1) is 0 Å². The predicted molar refractivity (Wildman–Crippen MR) is 76.7 cm³/mol. The second kappa shape index (κ2) is 5.92. The number of nitrogens with one attached hydrogen (secondary N) is 1. The van der Waals surface area contributed by atoms with Crippen LogP contribution < -0.4 is 5.32 Å². The molecule has 1 saturated heterocycles. The minimum atomic E-state index is 0.782. The molecule has 0 spiro atoms. The summed E-state index contributed by atoms with van der Waals surface area (Å²) in [6.45, 7) is 6.16. The topological polar surface area (TPSA) is 15.3 Å². The largest absolute Gasteiger partial charge is 0.309 e. The Morgan fingerprint density at radius 1 is 1.00 bits per heavy atom. The quantitative estimate of drug-likeness (QED) is 0.807. The van der Waals surface area contributed by atoms with Crippen molar-refractivity contribution in [2.75, 3.05) is 19.6 Å². The van der Waals surface area contributed by atoms with Gasteiger partial charge in [-0.25, -0.2) is 0 Å². The first-order valence-electron chi connectivity index (χ1n) is 8.35. The summed E-state index contributed by atoms with van der Waals surface area (Å²) in [4.78, 5) is 2.62. The monoisotopic (exact) mass is 250 g/mol. The second-order valence-electron chi connectivity index (χ2n) is 6.81. The first-order valence-corrected chi connectivity index (χ1v) is 8.35. The van der Waals surface area contributed by atoms with Crippen LogP contribution in [0.1, 0.15) is 58.3 Å². The highest BCUT2D eigenvalue weighted by atomic mass is 15.2. The van der Waals surface area contributed by atoms with Crippen molar-refractivity contribution in [3.05, 3.63) is 0 Å².